The average molecular weight is 362 g/mol. The van der Waals surface area contributed by atoms with Crippen LogP contribution < -0.4 is 10.6 Å². The van der Waals surface area contributed by atoms with E-state index in [4.69, 9.17) is 0 Å². The summed E-state index contributed by atoms with van der Waals surface area (Å²) in [6.07, 6.45) is 0. The summed E-state index contributed by atoms with van der Waals surface area (Å²) < 4.78 is 52.5. The lowest BCUT2D eigenvalue weighted by atomic mass is 10.2. The molecule has 2 aromatic carbocycles. The first kappa shape index (κ1) is 17.3. The van der Waals surface area contributed by atoms with Crippen molar-refractivity contribution in [2.45, 2.75) is 0 Å². The average Bonchev–Trinajstić information content (AvgIpc) is 2.64. The highest BCUT2D eigenvalue weighted by Gasteiger charge is 2.14. The first-order valence-corrected chi connectivity index (χ1v) is 7.25. The van der Waals surface area contributed by atoms with Crippen LogP contribution in [0.1, 0.15) is 10.5 Å². The SMILES string of the molecule is O=C(Nc1ccc(F)cc1)c1ccc(Nc2ccc(F)c(F)c2F)nn1. The normalized spacial score (nSPS) is 10.5. The van der Waals surface area contributed by atoms with Crippen LogP contribution >= 0.6 is 0 Å². The molecule has 2 N–H and O–H groups in total. The van der Waals surface area contributed by atoms with Crippen LogP contribution in [0.25, 0.3) is 0 Å². The van der Waals surface area contributed by atoms with Crippen molar-refractivity contribution in [2.24, 2.45) is 0 Å². The largest absolute Gasteiger partial charge is 0.336 e. The van der Waals surface area contributed by atoms with Gasteiger partial charge in [-0.1, -0.05) is 0 Å². The van der Waals surface area contributed by atoms with Gasteiger partial charge in [0.1, 0.15) is 5.82 Å². The minimum atomic E-state index is -1.61. The molecule has 0 unspecified atom stereocenters. The maximum absolute atomic E-state index is 13.6. The van der Waals surface area contributed by atoms with Gasteiger partial charge < -0.3 is 10.6 Å². The van der Waals surface area contributed by atoms with Crippen LogP contribution in [0.4, 0.5) is 34.8 Å². The lowest BCUT2D eigenvalue weighted by Gasteiger charge is -2.08. The molecule has 3 rings (SSSR count). The molecule has 0 spiro atoms. The molecule has 0 radical (unpaired) electrons. The van der Waals surface area contributed by atoms with Crippen LogP contribution in [0.15, 0.2) is 48.5 Å². The maximum Gasteiger partial charge on any atom is 0.276 e. The Morgan fingerprint density at radius 3 is 2.19 bits per heavy atom. The van der Waals surface area contributed by atoms with Gasteiger partial charge in [-0.25, -0.2) is 17.6 Å². The zero-order valence-electron chi connectivity index (χ0n) is 12.9. The molecule has 5 nitrogen and oxygen atoms in total. The van der Waals surface area contributed by atoms with Crippen molar-refractivity contribution < 1.29 is 22.4 Å². The van der Waals surface area contributed by atoms with Gasteiger partial charge >= 0.3 is 0 Å². The van der Waals surface area contributed by atoms with Gasteiger partial charge in [-0.2, -0.15) is 0 Å². The Kier molecular flexibility index (Phi) is 4.78. The molecular formula is C17H10F4N4O. The van der Waals surface area contributed by atoms with Gasteiger partial charge in [0.05, 0.1) is 5.69 Å². The molecule has 0 aliphatic carbocycles. The van der Waals surface area contributed by atoms with Crippen LogP contribution in [-0.4, -0.2) is 16.1 Å². The molecule has 1 aromatic heterocycles. The molecule has 1 amide bonds. The van der Waals surface area contributed by atoms with E-state index < -0.39 is 29.2 Å². The molecule has 0 aliphatic rings. The third kappa shape index (κ3) is 3.77. The van der Waals surface area contributed by atoms with E-state index in [-0.39, 0.29) is 17.2 Å². The monoisotopic (exact) mass is 362 g/mol. The van der Waals surface area contributed by atoms with Crippen molar-refractivity contribution in [2.75, 3.05) is 10.6 Å². The Labute approximate surface area is 144 Å². The van der Waals surface area contributed by atoms with E-state index in [1.807, 2.05) is 0 Å². The fourth-order valence-electron chi connectivity index (χ4n) is 2.01. The summed E-state index contributed by atoms with van der Waals surface area (Å²) in [5, 5.41) is 12.3. The highest BCUT2D eigenvalue weighted by Crippen LogP contribution is 2.22. The van der Waals surface area contributed by atoms with Crippen molar-refractivity contribution in [3.8, 4) is 0 Å². The summed E-state index contributed by atoms with van der Waals surface area (Å²) in [5.41, 5.74) is -0.0170. The second kappa shape index (κ2) is 7.18. The Morgan fingerprint density at radius 2 is 1.54 bits per heavy atom. The molecule has 3 aromatic rings. The van der Waals surface area contributed by atoms with Crippen LogP contribution in [0.3, 0.4) is 0 Å². The fourth-order valence-corrected chi connectivity index (χ4v) is 2.01. The van der Waals surface area contributed by atoms with E-state index in [9.17, 15) is 22.4 Å². The van der Waals surface area contributed by atoms with Crippen molar-refractivity contribution in [3.05, 3.63) is 77.5 Å². The zero-order valence-corrected chi connectivity index (χ0v) is 12.9. The Balaban J connectivity index is 1.71. The first-order valence-electron chi connectivity index (χ1n) is 7.25. The van der Waals surface area contributed by atoms with Crippen molar-refractivity contribution in [1.29, 1.82) is 0 Å². The maximum atomic E-state index is 13.6. The summed E-state index contributed by atoms with van der Waals surface area (Å²) in [6, 6.07) is 9.50. The molecule has 1 heterocycles. The second-order valence-electron chi connectivity index (χ2n) is 5.11. The number of amides is 1. The number of carbonyl (C=O) groups excluding carboxylic acids is 1. The number of halogens is 4. The van der Waals surface area contributed by atoms with Crippen molar-refractivity contribution in [3.63, 3.8) is 0 Å². The minimum Gasteiger partial charge on any atom is -0.336 e. The molecule has 0 aliphatic heterocycles. The number of benzene rings is 2. The van der Waals surface area contributed by atoms with E-state index >= 15 is 0 Å². The molecule has 0 bridgehead atoms. The number of hydrogen-bond acceptors (Lipinski definition) is 4. The summed E-state index contributed by atoms with van der Waals surface area (Å²) in [7, 11) is 0. The lowest BCUT2D eigenvalue weighted by Crippen LogP contribution is -2.14. The van der Waals surface area contributed by atoms with Gasteiger partial charge in [0, 0.05) is 5.69 Å². The summed E-state index contributed by atoms with van der Waals surface area (Å²) in [4.78, 5) is 12.0. The third-order valence-corrected chi connectivity index (χ3v) is 3.30. The van der Waals surface area contributed by atoms with Gasteiger partial charge in [-0.15, -0.1) is 10.2 Å². The number of aromatic nitrogens is 2. The second-order valence-corrected chi connectivity index (χ2v) is 5.11. The van der Waals surface area contributed by atoms with Crippen LogP contribution in [0.2, 0.25) is 0 Å². The van der Waals surface area contributed by atoms with Gasteiger partial charge in [0.25, 0.3) is 5.91 Å². The number of nitrogens with zero attached hydrogens (tertiary/aromatic N) is 2. The highest BCUT2D eigenvalue weighted by atomic mass is 19.2. The minimum absolute atomic E-state index is 0.0215. The number of rotatable bonds is 4. The first-order chi connectivity index (χ1) is 12.4. The predicted octanol–water partition coefficient (Wildman–Crippen LogP) is 4.03. The molecular weight excluding hydrogens is 352 g/mol. The molecule has 26 heavy (non-hydrogen) atoms. The molecule has 132 valence electrons. The molecule has 0 saturated heterocycles. The lowest BCUT2D eigenvalue weighted by molar-refractivity contribution is 0.102. The van der Waals surface area contributed by atoms with E-state index in [0.717, 1.165) is 12.1 Å². The van der Waals surface area contributed by atoms with E-state index in [1.54, 1.807) is 0 Å². The van der Waals surface area contributed by atoms with Gasteiger partial charge in [0.15, 0.2) is 29.0 Å². The molecule has 0 fully saturated rings. The van der Waals surface area contributed by atoms with Crippen LogP contribution in [-0.2, 0) is 0 Å². The Bertz CT molecular complexity index is 946. The Hall–Kier alpha value is -3.49. The van der Waals surface area contributed by atoms with Gasteiger partial charge in [-0.05, 0) is 48.5 Å². The number of hydrogen-bond donors (Lipinski definition) is 2. The molecule has 0 saturated carbocycles. The predicted molar refractivity (Wildman–Crippen MR) is 86.0 cm³/mol. The fraction of sp³-hybridized carbons (Fsp3) is 0. The van der Waals surface area contributed by atoms with Gasteiger partial charge in [0.2, 0.25) is 0 Å². The summed E-state index contributed by atoms with van der Waals surface area (Å²) in [5.74, 6) is -5.33. The van der Waals surface area contributed by atoms with E-state index in [0.29, 0.717) is 5.69 Å². The number of nitrogens with one attached hydrogen (secondary N) is 2. The molecule has 9 heteroatoms. The molecule has 0 atom stereocenters. The van der Waals surface area contributed by atoms with Crippen LogP contribution in [0, 0.1) is 23.3 Å². The number of anilines is 3. The zero-order chi connectivity index (χ0) is 18.7. The standard InChI is InChI=1S/C17H10F4N4O/c18-9-1-3-10(4-2-9)22-17(26)13-7-8-14(25-24-13)23-12-6-5-11(19)15(20)16(12)21/h1-8H,(H,22,26)(H,23,25). The smallest absolute Gasteiger partial charge is 0.276 e. The van der Waals surface area contributed by atoms with Crippen molar-refractivity contribution in [1.82, 2.24) is 10.2 Å². The topological polar surface area (TPSA) is 66.9 Å². The van der Waals surface area contributed by atoms with E-state index in [1.165, 1.54) is 36.4 Å². The van der Waals surface area contributed by atoms with Crippen molar-refractivity contribution >= 4 is 23.1 Å². The highest BCUT2D eigenvalue weighted by molar-refractivity contribution is 6.02. The summed E-state index contributed by atoms with van der Waals surface area (Å²) in [6.45, 7) is 0. The van der Waals surface area contributed by atoms with Crippen LogP contribution in [0.5, 0.6) is 0 Å². The summed E-state index contributed by atoms with van der Waals surface area (Å²) >= 11 is 0. The quantitative estimate of drug-likeness (QED) is 0.543. The van der Waals surface area contributed by atoms with Gasteiger partial charge in [-0.3, -0.25) is 4.79 Å². The third-order valence-electron chi connectivity index (χ3n) is 3.30. The Morgan fingerprint density at radius 1 is 0.808 bits per heavy atom. The number of carbonyl (C=O) groups is 1. The van der Waals surface area contributed by atoms with E-state index in [2.05, 4.69) is 20.8 Å².